The standard InChI is InChI=1S/C14H20N2S/c1-10-3-4-11(2)16(9-10)13-7-5-12(6-8-13)14(15)17/h5-8,10-11H,3-4,9H2,1-2H3,(H2,15,17). The number of anilines is 1. The normalized spacial score (nSPS) is 24.7. The molecule has 3 heteroatoms. The van der Waals surface area contributed by atoms with Gasteiger partial charge in [0.1, 0.15) is 4.99 Å². The molecule has 92 valence electrons. The molecule has 1 saturated heterocycles. The van der Waals surface area contributed by atoms with Crippen LogP contribution in [0.3, 0.4) is 0 Å². The fourth-order valence-electron chi connectivity index (χ4n) is 2.47. The van der Waals surface area contributed by atoms with Crippen LogP contribution in [0.25, 0.3) is 0 Å². The lowest BCUT2D eigenvalue weighted by atomic mass is 9.94. The molecule has 2 N–H and O–H groups in total. The molecule has 2 nitrogen and oxygen atoms in total. The van der Waals surface area contributed by atoms with E-state index in [2.05, 4.69) is 30.9 Å². The SMILES string of the molecule is CC1CCC(C)N(c2ccc(C(N)=S)cc2)C1. The quantitative estimate of drug-likeness (QED) is 0.816. The highest BCUT2D eigenvalue weighted by atomic mass is 32.1. The summed E-state index contributed by atoms with van der Waals surface area (Å²) >= 11 is 4.97. The van der Waals surface area contributed by atoms with Crippen molar-refractivity contribution in [1.82, 2.24) is 0 Å². The van der Waals surface area contributed by atoms with Crippen molar-refractivity contribution in [2.45, 2.75) is 32.7 Å². The molecule has 0 radical (unpaired) electrons. The molecule has 0 aliphatic carbocycles. The molecule has 2 rings (SSSR count). The molecule has 2 unspecified atom stereocenters. The fourth-order valence-corrected chi connectivity index (χ4v) is 2.60. The molecule has 1 aliphatic heterocycles. The molecule has 1 heterocycles. The van der Waals surface area contributed by atoms with Crippen molar-refractivity contribution in [3.8, 4) is 0 Å². The van der Waals surface area contributed by atoms with E-state index in [1.807, 2.05) is 12.1 Å². The van der Waals surface area contributed by atoms with E-state index in [-0.39, 0.29) is 0 Å². The van der Waals surface area contributed by atoms with E-state index in [1.54, 1.807) is 0 Å². The van der Waals surface area contributed by atoms with Crippen LogP contribution in [-0.4, -0.2) is 17.6 Å². The van der Waals surface area contributed by atoms with Gasteiger partial charge in [-0.05, 0) is 49.9 Å². The lowest BCUT2D eigenvalue weighted by Crippen LogP contribution is -2.41. The summed E-state index contributed by atoms with van der Waals surface area (Å²) in [5.41, 5.74) is 7.84. The van der Waals surface area contributed by atoms with E-state index in [4.69, 9.17) is 18.0 Å². The van der Waals surface area contributed by atoms with Crippen LogP contribution in [0.15, 0.2) is 24.3 Å². The summed E-state index contributed by atoms with van der Waals surface area (Å²) in [6, 6.07) is 8.92. The van der Waals surface area contributed by atoms with E-state index >= 15 is 0 Å². The Hall–Kier alpha value is -1.09. The summed E-state index contributed by atoms with van der Waals surface area (Å²) in [6.45, 7) is 5.77. The van der Waals surface area contributed by atoms with Gasteiger partial charge in [-0.2, -0.15) is 0 Å². The van der Waals surface area contributed by atoms with Gasteiger partial charge in [0, 0.05) is 23.8 Å². The van der Waals surface area contributed by atoms with Gasteiger partial charge in [0.2, 0.25) is 0 Å². The van der Waals surface area contributed by atoms with E-state index in [0.29, 0.717) is 11.0 Å². The maximum absolute atomic E-state index is 5.61. The summed E-state index contributed by atoms with van der Waals surface area (Å²) in [4.78, 5) is 2.95. The lowest BCUT2D eigenvalue weighted by Gasteiger charge is -2.38. The zero-order valence-electron chi connectivity index (χ0n) is 10.5. The molecule has 0 spiro atoms. The second-order valence-corrected chi connectivity index (χ2v) is 5.53. The minimum Gasteiger partial charge on any atom is -0.389 e. The molecule has 1 aliphatic rings. The molecule has 1 fully saturated rings. The van der Waals surface area contributed by atoms with E-state index in [1.165, 1.54) is 18.5 Å². The number of hydrogen-bond acceptors (Lipinski definition) is 2. The number of thiocarbonyl (C=S) groups is 1. The maximum Gasteiger partial charge on any atom is 0.103 e. The third-order valence-electron chi connectivity index (χ3n) is 3.60. The first-order valence-corrected chi connectivity index (χ1v) is 6.65. The summed E-state index contributed by atoms with van der Waals surface area (Å²) in [7, 11) is 0. The first kappa shape index (κ1) is 12.4. The Labute approximate surface area is 109 Å². The van der Waals surface area contributed by atoms with Crippen molar-refractivity contribution < 1.29 is 0 Å². The van der Waals surface area contributed by atoms with Crippen molar-refractivity contribution in [2.24, 2.45) is 11.7 Å². The number of piperidine rings is 1. The Morgan fingerprint density at radius 3 is 2.47 bits per heavy atom. The van der Waals surface area contributed by atoms with Gasteiger partial charge in [0.25, 0.3) is 0 Å². The van der Waals surface area contributed by atoms with E-state index in [0.717, 1.165) is 18.0 Å². The topological polar surface area (TPSA) is 29.3 Å². The average molecular weight is 248 g/mol. The van der Waals surface area contributed by atoms with Gasteiger partial charge in [-0.15, -0.1) is 0 Å². The molecular weight excluding hydrogens is 228 g/mol. The number of nitrogens with zero attached hydrogens (tertiary/aromatic N) is 1. The number of hydrogen-bond donors (Lipinski definition) is 1. The molecule has 2 atom stereocenters. The van der Waals surface area contributed by atoms with Crippen molar-refractivity contribution >= 4 is 22.9 Å². The highest BCUT2D eigenvalue weighted by Gasteiger charge is 2.22. The smallest absolute Gasteiger partial charge is 0.103 e. The molecule has 17 heavy (non-hydrogen) atoms. The molecule has 1 aromatic carbocycles. The third kappa shape index (κ3) is 2.78. The minimum atomic E-state index is 0.469. The fraction of sp³-hybridized carbons (Fsp3) is 0.500. The van der Waals surface area contributed by atoms with Gasteiger partial charge in [-0.1, -0.05) is 19.1 Å². The first-order valence-electron chi connectivity index (χ1n) is 6.24. The van der Waals surface area contributed by atoms with Crippen LogP contribution in [0.5, 0.6) is 0 Å². The van der Waals surface area contributed by atoms with Crippen molar-refractivity contribution in [3.05, 3.63) is 29.8 Å². The number of nitrogens with two attached hydrogens (primary N) is 1. The minimum absolute atomic E-state index is 0.469. The molecule has 0 amide bonds. The second-order valence-electron chi connectivity index (χ2n) is 5.10. The average Bonchev–Trinajstić information content (AvgIpc) is 2.32. The zero-order chi connectivity index (χ0) is 12.4. The molecule has 0 bridgehead atoms. The summed E-state index contributed by atoms with van der Waals surface area (Å²) < 4.78 is 0. The third-order valence-corrected chi connectivity index (χ3v) is 3.84. The van der Waals surface area contributed by atoms with Gasteiger partial charge in [0.15, 0.2) is 0 Å². The Kier molecular flexibility index (Phi) is 3.67. The van der Waals surface area contributed by atoms with Crippen molar-refractivity contribution in [1.29, 1.82) is 0 Å². The summed E-state index contributed by atoms with van der Waals surface area (Å²) in [5.74, 6) is 0.779. The second kappa shape index (κ2) is 5.05. The largest absolute Gasteiger partial charge is 0.389 e. The molecule has 0 saturated carbocycles. The number of rotatable bonds is 2. The Bertz CT molecular complexity index is 399. The molecule has 1 aromatic rings. The van der Waals surface area contributed by atoms with Crippen LogP contribution in [0.4, 0.5) is 5.69 Å². The van der Waals surface area contributed by atoms with Crippen LogP contribution in [0, 0.1) is 5.92 Å². The zero-order valence-corrected chi connectivity index (χ0v) is 11.3. The van der Waals surface area contributed by atoms with E-state index < -0.39 is 0 Å². The number of benzene rings is 1. The highest BCUT2D eigenvalue weighted by Crippen LogP contribution is 2.27. The Morgan fingerprint density at radius 2 is 1.88 bits per heavy atom. The molecular formula is C14H20N2S. The summed E-state index contributed by atoms with van der Waals surface area (Å²) in [6.07, 6.45) is 2.61. The first-order chi connectivity index (χ1) is 8.08. The van der Waals surface area contributed by atoms with Gasteiger partial charge in [-0.3, -0.25) is 0 Å². The van der Waals surface area contributed by atoms with Crippen LogP contribution < -0.4 is 10.6 Å². The Morgan fingerprint density at radius 1 is 1.24 bits per heavy atom. The molecule has 0 aromatic heterocycles. The summed E-state index contributed by atoms with van der Waals surface area (Å²) in [5, 5.41) is 0. The van der Waals surface area contributed by atoms with Crippen molar-refractivity contribution in [2.75, 3.05) is 11.4 Å². The van der Waals surface area contributed by atoms with Gasteiger partial charge in [-0.25, -0.2) is 0 Å². The maximum atomic E-state index is 5.61. The van der Waals surface area contributed by atoms with Crippen LogP contribution in [0.1, 0.15) is 32.3 Å². The van der Waals surface area contributed by atoms with Gasteiger partial charge >= 0.3 is 0 Å². The lowest BCUT2D eigenvalue weighted by molar-refractivity contribution is 0.390. The van der Waals surface area contributed by atoms with Crippen LogP contribution in [-0.2, 0) is 0 Å². The monoisotopic (exact) mass is 248 g/mol. The predicted octanol–water partition coefficient (Wildman–Crippen LogP) is 2.95. The van der Waals surface area contributed by atoms with Crippen LogP contribution in [0.2, 0.25) is 0 Å². The van der Waals surface area contributed by atoms with Crippen LogP contribution >= 0.6 is 12.2 Å². The van der Waals surface area contributed by atoms with E-state index in [9.17, 15) is 0 Å². The van der Waals surface area contributed by atoms with Gasteiger partial charge in [0.05, 0.1) is 0 Å². The Balaban J connectivity index is 2.18. The predicted molar refractivity (Wildman–Crippen MR) is 77.5 cm³/mol. The van der Waals surface area contributed by atoms with Gasteiger partial charge < -0.3 is 10.6 Å². The van der Waals surface area contributed by atoms with Crippen molar-refractivity contribution in [3.63, 3.8) is 0 Å². The highest BCUT2D eigenvalue weighted by molar-refractivity contribution is 7.80.